The minimum atomic E-state index is 0.134. The average Bonchev–Trinajstić information content (AvgIpc) is 2.69. The van der Waals surface area contributed by atoms with Gasteiger partial charge in [-0.25, -0.2) is 0 Å². The van der Waals surface area contributed by atoms with Crippen LogP contribution in [0.4, 0.5) is 0 Å². The summed E-state index contributed by atoms with van der Waals surface area (Å²) in [5, 5.41) is 0. The highest BCUT2D eigenvalue weighted by molar-refractivity contribution is 9.09. The lowest BCUT2D eigenvalue weighted by molar-refractivity contribution is 0.0603. The van der Waals surface area contributed by atoms with Gasteiger partial charge in [-0.1, -0.05) is 48.8 Å². The molecule has 2 nitrogen and oxygen atoms in total. The molecule has 2 atom stereocenters. The Kier molecular flexibility index (Phi) is 3.89. The number of piperidine rings is 1. The molecule has 2 fully saturated rings. The SMILES string of the molecule is CC(C)(C)c1ccc(C(=O)N2C3CCC2CC(Br)C3)cc1. The van der Waals surface area contributed by atoms with Gasteiger partial charge in [0.2, 0.25) is 0 Å². The van der Waals surface area contributed by atoms with E-state index in [4.69, 9.17) is 0 Å². The number of rotatable bonds is 1. The molecule has 2 aliphatic heterocycles. The van der Waals surface area contributed by atoms with Crippen molar-refractivity contribution in [2.75, 3.05) is 0 Å². The Hall–Kier alpha value is -0.830. The van der Waals surface area contributed by atoms with Gasteiger partial charge in [0.05, 0.1) is 0 Å². The summed E-state index contributed by atoms with van der Waals surface area (Å²) in [7, 11) is 0. The van der Waals surface area contributed by atoms with Crippen molar-refractivity contribution >= 4 is 21.8 Å². The summed E-state index contributed by atoms with van der Waals surface area (Å²) >= 11 is 3.74. The number of benzene rings is 1. The smallest absolute Gasteiger partial charge is 0.254 e. The summed E-state index contributed by atoms with van der Waals surface area (Å²) in [4.78, 5) is 15.6. The Balaban J connectivity index is 1.80. The highest BCUT2D eigenvalue weighted by Crippen LogP contribution is 2.39. The number of carbonyl (C=O) groups is 1. The second-order valence-corrected chi connectivity index (χ2v) is 8.79. The Morgan fingerprint density at radius 1 is 1.10 bits per heavy atom. The lowest BCUT2D eigenvalue weighted by atomic mass is 9.86. The van der Waals surface area contributed by atoms with Gasteiger partial charge >= 0.3 is 0 Å². The second kappa shape index (κ2) is 5.42. The molecule has 0 aliphatic carbocycles. The highest BCUT2D eigenvalue weighted by atomic mass is 79.9. The normalized spacial score (nSPS) is 28.8. The molecule has 2 unspecified atom stereocenters. The molecule has 0 saturated carbocycles. The number of hydrogen-bond acceptors (Lipinski definition) is 1. The lowest BCUT2D eigenvalue weighted by Crippen LogP contribution is -2.46. The zero-order valence-electron chi connectivity index (χ0n) is 13.1. The first kappa shape index (κ1) is 15.1. The van der Waals surface area contributed by atoms with Crippen LogP contribution in [0, 0.1) is 0 Å². The number of amides is 1. The maximum atomic E-state index is 12.8. The van der Waals surface area contributed by atoms with E-state index in [-0.39, 0.29) is 11.3 Å². The van der Waals surface area contributed by atoms with Crippen LogP contribution in [0.1, 0.15) is 62.4 Å². The van der Waals surface area contributed by atoms with Crippen LogP contribution in [-0.4, -0.2) is 27.7 Å². The van der Waals surface area contributed by atoms with Gasteiger partial charge in [0.1, 0.15) is 0 Å². The first-order chi connectivity index (χ1) is 9.86. The summed E-state index contributed by atoms with van der Waals surface area (Å²) < 4.78 is 0. The van der Waals surface area contributed by atoms with Gasteiger partial charge in [-0.05, 0) is 48.8 Å². The van der Waals surface area contributed by atoms with E-state index >= 15 is 0 Å². The standard InChI is InChI=1S/C18H24BrNO/c1-18(2,3)13-6-4-12(5-7-13)17(21)20-15-8-9-16(20)11-14(19)10-15/h4-7,14-16H,8-11H2,1-3H3. The lowest BCUT2D eigenvalue weighted by Gasteiger charge is -2.37. The molecule has 21 heavy (non-hydrogen) atoms. The summed E-state index contributed by atoms with van der Waals surface area (Å²) in [5.74, 6) is 0.224. The molecule has 1 amide bonds. The van der Waals surface area contributed by atoms with Crippen LogP contribution in [0.3, 0.4) is 0 Å². The van der Waals surface area contributed by atoms with E-state index < -0.39 is 0 Å². The molecular formula is C18H24BrNO. The minimum Gasteiger partial charge on any atom is -0.333 e. The number of halogens is 1. The Morgan fingerprint density at radius 2 is 1.62 bits per heavy atom. The predicted octanol–water partition coefficient (Wildman–Crippen LogP) is 4.51. The third-order valence-corrected chi connectivity index (χ3v) is 5.66. The topological polar surface area (TPSA) is 20.3 Å². The molecule has 114 valence electrons. The van der Waals surface area contributed by atoms with Crippen molar-refractivity contribution in [1.29, 1.82) is 0 Å². The molecule has 0 spiro atoms. The van der Waals surface area contributed by atoms with E-state index in [0.29, 0.717) is 16.9 Å². The van der Waals surface area contributed by atoms with Gasteiger partial charge in [-0.2, -0.15) is 0 Å². The van der Waals surface area contributed by atoms with E-state index in [2.05, 4.69) is 53.7 Å². The number of alkyl halides is 1. The fourth-order valence-corrected chi connectivity index (χ4v) is 4.57. The van der Waals surface area contributed by atoms with Crippen molar-refractivity contribution in [3.63, 3.8) is 0 Å². The zero-order chi connectivity index (χ0) is 15.2. The van der Waals surface area contributed by atoms with Crippen LogP contribution < -0.4 is 0 Å². The van der Waals surface area contributed by atoms with Crippen LogP contribution in [-0.2, 0) is 5.41 Å². The zero-order valence-corrected chi connectivity index (χ0v) is 14.7. The molecule has 2 aliphatic rings. The Morgan fingerprint density at radius 3 is 2.10 bits per heavy atom. The number of hydrogen-bond donors (Lipinski definition) is 0. The number of nitrogens with zero attached hydrogens (tertiary/aromatic N) is 1. The fourth-order valence-electron chi connectivity index (χ4n) is 3.70. The molecule has 3 heteroatoms. The van der Waals surface area contributed by atoms with Gasteiger partial charge in [0, 0.05) is 22.5 Å². The summed E-state index contributed by atoms with van der Waals surface area (Å²) in [6.07, 6.45) is 4.53. The molecule has 1 aromatic rings. The van der Waals surface area contributed by atoms with Crippen molar-refractivity contribution in [2.45, 2.75) is 68.8 Å². The number of fused-ring (bicyclic) bond motifs is 2. The van der Waals surface area contributed by atoms with Crippen molar-refractivity contribution in [3.8, 4) is 0 Å². The molecule has 2 saturated heterocycles. The van der Waals surface area contributed by atoms with Crippen LogP contribution in [0.15, 0.2) is 24.3 Å². The molecule has 2 bridgehead atoms. The van der Waals surface area contributed by atoms with Crippen molar-refractivity contribution in [1.82, 2.24) is 4.90 Å². The molecular weight excluding hydrogens is 326 g/mol. The van der Waals surface area contributed by atoms with E-state index in [9.17, 15) is 4.79 Å². The molecule has 0 aromatic heterocycles. The highest BCUT2D eigenvalue weighted by Gasteiger charge is 2.42. The van der Waals surface area contributed by atoms with E-state index in [1.54, 1.807) is 0 Å². The van der Waals surface area contributed by atoms with Gasteiger partial charge in [0.15, 0.2) is 0 Å². The molecule has 3 rings (SSSR count). The van der Waals surface area contributed by atoms with Crippen LogP contribution in [0.2, 0.25) is 0 Å². The molecule has 0 radical (unpaired) electrons. The van der Waals surface area contributed by atoms with E-state index in [0.717, 1.165) is 18.4 Å². The van der Waals surface area contributed by atoms with Crippen LogP contribution >= 0.6 is 15.9 Å². The number of carbonyl (C=O) groups excluding carboxylic acids is 1. The molecule has 1 aromatic carbocycles. The van der Waals surface area contributed by atoms with Crippen molar-refractivity contribution in [3.05, 3.63) is 35.4 Å². The van der Waals surface area contributed by atoms with Crippen molar-refractivity contribution < 1.29 is 4.79 Å². The maximum Gasteiger partial charge on any atom is 0.254 e. The molecule has 2 heterocycles. The Labute approximate surface area is 136 Å². The quantitative estimate of drug-likeness (QED) is 0.682. The first-order valence-corrected chi connectivity index (χ1v) is 8.85. The largest absolute Gasteiger partial charge is 0.333 e. The third-order valence-electron chi connectivity index (χ3n) is 4.91. The Bertz CT molecular complexity index is 517. The van der Waals surface area contributed by atoms with Crippen molar-refractivity contribution in [2.24, 2.45) is 0 Å². The monoisotopic (exact) mass is 349 g/mol. The van der Waals surface area contributed by atoms with E-state index in [1.165, 1.54) is 18.4 Å². The third kappa shape index (κ3) is 2.90. The second-order valence-electron chi connectivity index (χ2n) is 7.49. The summed E-state index contributed by atoms with van der Waals surface area (Å²) in [6, 6.07) is 9.08. The van der Waals surface area contributed by atoms with Gasteiger partial charge < -0.3 is 4.90 Å². The van der Waals surface area contributed by atoms with E-state index in [1.807, 2.05) is 12.1 Å². The van der Waals surface area contributed by atoms with Gasteiger partial charge in [-0.15, -0.1) is 0 Å². The minimum absolute atomic E-state index is 0.134. The summed E-state index contributed by atoms with van der Waals surface area (Å²) in [6.45, 7) is 6.60. The van der Waals surface area contributed by atoms with Crippen LogP contribution in [0.5, 0.6) is 0 Å². The average molecular weight is 350 g/mol. The van der Waals surface area contributed by atoms with Gasteiger partial charge in [-0.3, -0.25) is 4.79 Å². The summed E-state index contributed by atoms with van der Waals surface area (Å²) in [5.41, 5.74) is 2.25. The van der Waals surface area contributed by atoms with Gasteiger partial charge in [0.25, 0.3) is 5.91 Å². The molecule has 0 N–H and O–H groups in total. The van der Waals surface area contributed by atoms with Crippen LogP contribution in [0.25, 0.3) is 0 Å². The maximum absolute atomic E-state index is 12.8. The first-order valence-electron chi connectivity index (χ1n) is 7.93. The fraction of sp³-hybridized carbons (Fsp3) is 0.611. The predicted molar refractivity (Wildman–Crippen MR) is 90.1 cm³/mol.